The fourth-order valence-electron chi connectivity index (χ4n) is 5.77. The van der Waals surface area contributed by atoms with E-state index in [2.05, 4.69) is 33.0 Å². The number of aromatic nitrogens is 4. The zero-order valence-electron chi connectivity index (χ0n) is 25.5. The molecule has 1 fully saturated rings. The van der Waals surface area contributed by atoms with Crippen molar-refractivity contribution in [1.82, 2.24) is 19.6 Å². The maximum Gasteiger partial charge on any atom is 0.254 e. The fraction of sp³-hybridized carbons (Fsp3) is 0.294. The van der Waals surface area contributed by atoms with Gasteiger partial charge in [0.1, 0.15) is 17.3 Å². The van der Waals surface area contributed by atoms with Gasteiger partial charge in [-0.05, 0) is 56.4 Å². The first-order valence-corrected chi connectivity index (χ1v) is 15.3. The number of nitrogens with two attached hydrogens (primary N) is 2. The van der Waals surface area contributed by atoms with Gasteiger partial charge in [-0.3, -0.25) is 19.0 Å². The maximum atomic E-state index is 13.5. The molecule has 0 radical (unpaired) electrons. The molecule has 6 rings (SSSR count). The molecule has 4 aromatic rings. The number of hydrogen-bond acceptors (Lipinski definition) is 8. The van der Waals surface area contributed by atoms with Crippen molar-refractivity contribution in [2.75, 3.05) is 10.6 Å². The molecule has 2 aliphatic carbocycles. The van der Waals surface area contributed by atoms with Gasteiger partial charge < -0.3 is 22.1 Å². The first-order valence-electron chi connectivity index (χ1n) is 15.3. The Kier molecular flexibility index (Phi) is 10.3. The lowest BCUT2D eigenvalue weighted by molar-refractivity contribution is 0.0992. The summed E-state index contributed by atoms with van der Waals surface area (Å²) in [4.78, 5) is 23.4. The molecule has 0 spiro atoms. The predicted octanol–water partition coefficient (Wildman–Crippen LogP) is 5.68. The summed E-state index contributed by atoms with van der Waals surface area (Å²) in [6.45, 7) is 0. The standard InChI is InChI=1S/C17H18FN5O.C17H17N5O/c18-12-6-7-15(11(8-12)9-19)23-10-14(16(20)24)17(22-23)21-13-4-2-1-3-5-13;18-10-12-6-4-5-9-15(12)22-11-14(16(19)23)17(21-22)20-13-7-2-1-3-8-13/h1-5,10-12,15H,6-8H2,(H2,20,24)(H,21,22);1-5,7-8,11-12,15H,6,9H2,(H2,19,23)(H,20,21)/t11-,12?,15?;12-,15?/m11/s1. The highest BCUT2D eigenvalue weighted by molar-refractivity contribution is 5.98. The number of rotatable bonds is 8. The number of allylic oxidation sites excluding steroid dienone is 2. The van der Waals surface area contributed by atoms with E-state index in [9.17, 15) is 24.5 Å². The average Bonchev–Trinajstić information content (AvgIpc) is 3.70. The number of halogens is 1. The highest BCUT2D eigenvalue weighted by Gasteiger charge is 2.33. The van der Waals surface area contributed by atoms with Crippen LogP contribution in [0.15, 0.2) is 85.2 Å². The fourth-order valence-corrected chi connectivity index (χ4v) is 5.77. The second kappa shape index (κ2) is 14.9. The zero-order valence-corrected chi connectivity index (χ0v) is 25.5. The lowest BCUT2D eigenvalue weighted by Gasteiger charge is -2.29. The molecule has 13 heteroatoms. The summed E-state index contributed by atoms with van der Waals surface area (Å²) in [5, 5.41) is 33.7. The summed E-state index contributed by atoms with van der Waals surface area (Å²) >= 11 is 0. The van der Waals surface area contributed by atoms with Gasteiger partial charge in [-0.1, -0.05) is 48.6 Å². The van der Waals surface area contributed by atoms with Gasteiger partial charge in [-0.25, -0.2) is 4.39 Å². The number of amides is 2. The van der Waals surface area contributed by atoms with Crippen LogP contribution < -0.4 is 22.1 Å². The maximum absolute atomic E-state index is 13.5. The Morgan fingerprint density at radius 2 is 1.23 bits per heavy atom. The number of nitriles is 2. The van der Waals surface area contributed by atoms with Crippen LogP contribution in [0, 0.1) is 34.5 Å². The quantitative estimate of drug-likeness (QED) is 0.178. The van der Waals surface area contributed by atoms with E-state index < -0.39 is 23.9 Å². The Morgan fingerprint density at radius 3 is 1.72 bits per heavy atom. The molecule has 240 valence electrons. The van der Waals surface area contributed by atoms with Crippen molar-refractivity contribution in [3.63, 3.8) is 0 Å². The number of carbonyl (C=O) groups is 2. The molecule has 3 unspecified atom stereocenters. The Labute approximate surface area is 271 Å². The van der Waals surface area contributed by atoms with E-state index in [-0.39, 0.29) is 30.0 Å². The van der Waals surface area contributed by atoms with Gasteiger partial charge in [0.05, 0.1) is 36.1 Å². The van der Waals surface area contributed by atoms with Crippen molar-refractivity contribution >= 4 is 34.8 Å². The van der Waals surface area contributed by atoms with E-state index in [1.165, 1.54) is 0 Å². The normalized spacial score (nSPS) is 21.7. The van der Waals surface area contributed by atoms with Crippen molar-refractivity contribution in [2.45, 2.75) is 50.4 Å². The molecular formula is C34H35FN10O2. The van der Waals surface area contributed by atoms with Crippen molar-refractivity contribution < 1.29 is 14.0 Å². The topological polar surface area (TPSA) is 193 Å². The Hall–Kier alpha value is -5.95. The van der Waals surface area contributed by atoms with Crippen LogP contribution in [0.25, 0.3) is 0 Å². The largest absolute Gasteiger partial charge is 0.365 e. The number of nitrogens with zero attached hydrogens (tertiary/aromatic N) is 6. The van der Waals surface area contributed by atoms with Gasteiger partial charge in [-0.15, -0.1) is 0 Å². The van der Waals surface area contributed by atoms with Crippen LogP contribution >= 0.6 is 0 Å². The van der Waals surface area contributed by atoms with Gasteiger partial charge in [0.15, 0.2) is 11.6 Å². The Morgan fingerprint density at radius 1 is 0.745 bits per heavy atom. The second-order valence-electron chi connectivity index (χ2n) is 11.4. The molecule has 2 aromatic carbocycles. The van der Waals surface area contributed by atoms with Crippen LogP contribution in [-0.2, 0) is 0 Å². The van der Waals surface area contributed by atoms with Crippen LogP contribution in [0.5, 0.6) is 0 Å². The lowest BCUT2D eigenvalue weighted by Crippen LogP contribution is -2.27. The number of carbonyl (C=O) groups excluding carboxylic acids is 2. The summed E-state index contributed by atoms with van der Waals surface area (Å²) in [5.41, 5.74) is 13.1. The van der Waals surface area contributed by atoms with Gasteiger partial charge in [0.2, 0.25) is 0 Å². The molecule has 0 saturated heterocycles. The van der Waals surface area contributed by atoms with Crippen LogP contribution in [0.1, 0.15) is 64.9 Å². The average molecular weight is 635 g/mol. The lowest BCUT2D eigenvalue weighted by atomic mass is 9.84. The Balaban J connectivity index is 0.000000185. The third kappa shape index (κ3) is 7.83. The van der Waals surface area contributed by atoms with Crippen LogP contribution in [0.3, 0.4) is 0 Å². The first kappa shape index (κ1) is 32.4. The molecule has 2 aliphatic rings. The molecule has 6 N–H and O–H groups in total. The van der Waals surface area contributed by atoms with Gasteiger partial charge in [0, 0.05) is 23.8 Å². The number of benzene rings is 2. The summed E-state index contributed by atoms with van der Waals surface area (Å²) in [7, 11) is 0. The molecule has 12 nitrogen and oxygen atoms in total. The van der Waals surface area contributed by atoms with E-state index in [0.717, 1.165) is 11.4 Å². The van der Waals surface area contributed by atoms with E-state index in [1.807, 2.05) is 72.8 Å². The minimum Gasteiger partial charge on any atom is -0.365 e. The van der Waals surface area contributed by atoms with Crippen molar-refractivity contribution in [2.24, 2.45) is 23.3 Å². The molecule has 1 saturated carbocycles. The molecule has 2 aromatic heterocycles. The number of anilines is 4. The molecule has 2 heterocycles. The summed E-state index contributed by atoms with van der Waals surface area (Å²) in [5.74, 6) is -1.03. The molecule has 0 aliphatic heterocycles. The van der Waals surface area contributed by atoms with E-state index in [1.54, 1.807) is 21.8 Å². The zero-order chi connectivity index (χ0) is 33.3. The first-order chi connectivity index (χ1) is 22.8. The van der Waals surface area contributed by atoms with Crippen molar-refractivity contribution in [3.8, 4) is 12.1 Å². The number of para-hydroxylation sites is 2. The minimum atomic E-state index is -0.959. The van der Waals surface area contributed by atoms with E-state index in [4.69, 9.17) is 11.5 Å². The number of alkyl halides is 1. The molecule has 47 heavy (non-hydrogen) atoms. The second-order valence-corrected chi connectivity index (χ2v) is 11.4. The Bertz CT molecular complexity index is 1810. The minimum absolute atomic E-state index is 0.0885. The number of nitrogens with one attached hydrogen (secondary N) is 2. The van der Waals surface area contributed by atoms with Crippen LogP contribution in [0.2, 0.25) is 0 Å². The summed E-state index contributed by atoms with van der Waals surface area (Å²) < 4.78 is 16.8. The van der Waals surface area contributed by atoms with E-state index >= 15 is 0 Å². The number of hydrogen-bond donors (Lipinski definition) is 4. The van der Waals surface area contributed by atoms with Crippen molar-refractivity contribution in [3.05, 3.63) is 96.3 Å². The highest BCUT2D eigenvalue weighted by atomic mass is 19.1. The smallest absolute Gasteiger partial charge is 0.254 e. The third-order valence-electron chi connectivity index (χ3n) is 8.23. The molecule has 5 atom stereocenters. The molecule has 0 bridgehead atoms. The monoisotopic (exact) mass is 634 g/mol. The summed E-state index contributed by atoms with van der Waals surface area (Å²) in [6.07, 6.45) is 8.73. The van der Waals surface area contributed by atoms with Gasteiger partial charge >= 0.3 is 0 Å². The molecular weight excluding hydrogens is 599 g/mol. The SMILES string of the molecule is N#C[C@H]1CC(F)CCC1n1cc(C(N)=O)c(Nc2ccccc2)n1.N#C[C@H]1CC=CCC1n1cc(C(N)=O)c(Nc2ccccc2)n1. The van der Waals surface area contributed by atoms with Gasteiger partial charge in [0.25, 0.3) is 11.8 Å². The molecule has 2 amide bonds. The van der Waals surface area contributed by atoms with Crippen molar-refractivity contribution in [1.29, 1.82) is 10.5 Å². The van der Waals surface area contributed by atoms with E-state index in [0.29, 0.717) is 42.9 Å². The summed E-state index contributed by atoms with van der Waals surface area (Å²) in [6, 6.07) is 22.9. The number of primary amides is 2. The van der Waals surface area contributed by atoms with Gasteiger partial charge in [-0.2, -0.15) is 20.7 Å². The predicted molar refractivity (Wildman–Crippen MR) is 174 cm³/mol. The van der Waals surface area contributed by atoms with Crippen LogP contribution in [0.4, 0.5) is 27.4 Å². The van der Waals surface area contributed by atoms with Crippen LogP contribution in [-0.4, -0.2) is 37.5 Å². The third-order valence-corrected chi connectivity index (χ3v) is 8.23. The highest BCUT2D eigenvalue weighted by Crippen LogP contribution is 2.36.